The number of carbonyl (C=O) groups excluding carboxylic acids is 4. The van der Waals surface area contributed by atoms with E-state index in [0.717, 1.165) is 108 Å². The minimum absolute atomic E-state index is 0.106. The number of phosphoric ester groups is 2. The van der Waals surface area contributed by atoms with Gasteiger partial charge in [0.1, 0.15) is 19.3 Å². The first-order valence-corrected chi connectivity index (χ1v) is 39.0. The van der Waals surface area contributed by atoms with Gasteiger partial charge in [0.25, 0.3) is 0 Å². The van der Waals surface area contributed by atoms with Crippen LogP contribution < -0.4 is 0 Å². The number of esters is 4. The second kappa shape index (κ2) is 61.3. The highest BCUT2D eigenvalue weighted by atomic mass is 31.2. The summed E-state index contributed by atoms with van der Waals surface area (Å²) in [5.41, 5.74) is 0. The van der Waals surface area contributed by atoms with Crippen molar-refractivity contribution in [2.75, 3.05) is 39.6 Å². The Morgan fingerprint density at radius 1 is 0.330 bits per heavy atom. The second-order valence-electron chi connectivity index (χ2n) is 25.6. The molecule has 0 aliphatic carbocycles. The standard InChI is InChI=1S/C69H134O17P2/c1-7-10-12-14-16-18-28-32-39-45-51-66(71)79-57-64(85-68(73)53-47-41-33-29-19-17-15-13-11-8-2)59-83-87(75,76)81-55-63(70)56-82-88(77,78)84-60-65(58-80-67(72)52-46-40-36-35-38-44-50-62(6)9-3)86-69(74)54-48-42-34-30-26-24-22-20-21-23-25-27-31-37-43-49-61(4)5/h61-65,70H,7-60H2,1-6H3,(H,75,76)(H,77,78)/t62?,63-,64+,65+/m0/s1. The lowest BCUT2D eigenvalue weighted by Crippen LogP contribution is -2.30. The summed E-state index contributed by atoms with van der Waals surface area (Å²) in [5.74, 6) is -0.594. The third-order valence-electron chi connectivity index (χ3n) is 16.3. The first-order valence-electron chi connectivity index (χ1n) is 36.0. The van der Waals surface area contributed by atoms with Gasteiger partial charge in [0, 0.05) is 25.7 Å². The van der Waals surface area contributed by atoms with Crippen molar-refractivity contribution in [3.05, 3.63) is 0 Å². The van der Waals surface area contributed by atoms with Gasteiger partial charge in [-0.05, 0) is 37.5 Å². The molecule has 19 heteroatoms. The summed E-state index contributed by atoms with van der Waals surface area (Å²) >= 11 is 0. The van der Waals surface area contributed by atoms with Crippen molar-refractivity contribution in [1.29, 1.82) is 0 Å². The number of ether oxygens (including phenoxy) is 4. The average Bonchev–Trinajstić information content (AvgIpc) is 3.64. The van der Waals surface area contributed by atoms with Crippen LogP contribution in [0.1, 0.15) is 350 Å². The van der Waals surface area contributed by atoms with E-state index in [2.05, 4.69) is 41.5 Å². The quantitative estimate of drug-likeness (QED) is 0.0222. The largest absolute Gasteiger partial charge is 0.472 e. The summed E-state index contributed by atoms with van der Waals surface area (Å²) < 4.78 is 68.2. The second-order valence-corrected chi connectivity index (χ2v) is 28.5. The molecule has 3 unspecified atom stereocenters. The molecule has 0 bridgehead atoms. The van der Waals surface area contributed by atoms with E-state index in [4.69, 9.17) is 37.0 Å². The number of phosphoric acid groups is 2. The monoisotopic (exact) mass is 1300 g/mol. The molecular formula is C69H134O17P2. The van der Waals surface area contributed by atoms with Crippen molar-refractivity contribution in [2.45, 2.75) is 368 Å². The van der Waals surface area contributed by atoms with E-state index in [0.29, 0.717) is 25.7 Å². The van der Waals surface area contributed by atoms with Gasteiger partial charge >= 0.3 is 39.5 Å². The highest BCUT2D eigenvalue weighted by Crippen LogP contribution is 2.45. The topological polar surface area (TPSA) is 237 Å². The van der Waals surface area contributed by atoms with Gasteiger partial charge in [0.05, 0.1) is 26.4 Å². The molecule has 0 rings (SSSR count). The van der Waals surface area contributed by atoms with Crippen molar-refractivity contribution in [1.82, 2.24) is 0 Å². The van der Waals surface area contributed by atoms with Crippen molar-refractivity contribution in [3.63, 3.8) is 0 Å². The van der Waals surface area contributed by atoms with Crippen LogP contribution >= 0.6 is 15.6 Å². The summed E-state index contributed by atoms with van der Waals surface area (Å²) in [5, 5.41) is 10.6. The van der Waals surface area contributed by atoms with Crippen LogP contribution in [0.25, 0.3) is 0 Å². The highest BCUT2D eigenvalue weighted by Gasteiger charge is 2.30. The van der Waals surface area contributed by atoms with Crippen LogP contribution in [0.3, 0.4) is 0 Å². The van der Waals surface area contributed by atoms with E-state index >= 15 is 0 Å². The molecule has 0 aliphatic heterocycles. The van der Waals surface area contributed by atoms with Gasteiger partial charge in [-0.2, -0.15) is 0 Å². The third kappa shape index (κ3) is 61.6. The molecule has 0 radical (unpaired) electrons. The van der Waals surface area contributed by atoms with Gasteiger partial charge in [0.2, 0.25) is 0 Å². The van der Waals surface area contributed by atoms with Crippen molar-refractivity contribution < 1.29 is 80.2 Å². The van der Waals surface area contributed by atoms with E-state index in [1.807, 2.05) is 0 Å². The molecule has 0 saturated carbocycles. The first-order chi connectivity index (χ1) is 42.4. The fraction of sp³-hybridized carbons (Fsp3) is 0.942. The molecule has 0 aromatic heterocycles. The van der Waals surface area contributed by atoms with Gasteiger partial charge in [-0.1, -0.05) is 298 Å². The van der Waals surface area contributed by atoms with Crippen molar-refractivity contribution in [2.24, 2.45) is 11.8 Å². The van der Waals surface area contributed by atoms with Crippen LogP contribution in [0.5, 0.6) is 0 Å². The van der Waals surface area contributed by atoms with Gasteiger partial charge in [0.15, 0.2) is 12.2 Å². The van der Waals surface area contributed by atoms with E-state index in [1.165, 1.54) is 161 Å². The number of rotatable bonds is 68. The van der Waals surface area contributed by atoms with Gasteiger partial charge in [-0.3, -0.25) is 37.3 Å². The van der Waals surface area contributed by atoms with E-state index in [-0.39, 0.29) is 25.7 Å². The molecule has 0 fully saturated rings. The molecule has 88 heavy (non-hydrogen) atoms. The molecule has 3 N–H and O–H groups in total. The van der Waals surface area contributed by atoms with Crippen LogP contribution in [-0.2, 0) is 65.4 Å². The molecule has 0 amide bonds. The Bertz CT molecular complexity index is 1720. The Labute approximate surface area is 537 Å². The summed E-state index contributed by atoms with van der Waals surface area (Å²) in [6, 6.07) is 0. The summed E-state index contributed by atoms with van der Waals surface area (Å²) in [6.07, 6.45) is 45.8. The number of hydrogen-bond acceptors (Lipinski definition) is 15. The normalized spacial score (nSPS) is 14.5. The number of unbranched alkanes of at least 4 members (excludes halogenated alkanes) is 37. The van der Waals surface area contributed by atoms with Crippen LogP contribution in [0.4, 0.5) is 0 Å². The number of aliphatic hydroxyl groups excluding tert-OH is 1. The van der Waals surface area contributed by atoms with Crippen LogP contribution in [-0.4, -0.2) is 96.7 Å². The fourth-order valence-electron chi connectivity index (χ4n) is 10.4. The van der Waals surface area contributed by atoms with Gasteiger partial charge in [-0.25, -0.2) is 9.13 Å². The van der Waals surface area contributed by atoms with Crippen LogP contribution in [0.15, 0.2) is 0 Å². The lowest BCUT2D eigenvalue weighted by Gasteiger charge is -2.21. The van der Waals surface area contributed by atoms with Crippen molar-refractivity contribution in [3.8, 4) is 0 Å². The Morgan fingerprint density at radius 3 is 0.864 bits per heavy atom. The average molecular weight is 1300 g/mol. The highest BCUT2D eigenvalue weighted by molar-refractivity contribution is 7.47. The maximum atomic E-state index is 13.0. The maximum Gasteiger partial charge on any atom is 0.472 e. The molecule has 522 valence electrons. The van der Waals surface area contributed by atoms with Gasteiger partial charge in [-0.15, -0.1) is 0 Å². The predicted octanol–water partition coefficient (Wildman–Crippen LogP) is 19.6. The van der Waals surface area contributed by atoms with Crippen molar-refractivity contribution >= 4 is 39.5 Å². The minimum Gasteiger partial charge on any atom is -0.462 e. The number of hydrogen-bond donors (Lipinski definition) is 3. The number of aliphatic hydroxyl groups is 1. The zero-order chi connectivity index (χ0) is 65.0. The molecular weight excluding hydrogens is 1160 g/mol. The molecule has 0 heterocycles. The molecule has 0 aliphatic rings. The molecule has 0 aromatic rings. The molecule has 17 nitrogen and oxygen atoms in total. The fourth-order valence-corrected chi connectivity index (χ4v) is 12.0. The molecule has 0 spiro atoms. The van der Waals surface area contributed by atoms with E-state index in [9.17, 15) is 43.2 Å². The summed E-state index contributed by atoms with van der Waals surface area (Å²) in [7, 11) is -9.89. The summed E-state index contributed by atoms with van der Waals surface area (Å²) in [4.78, 5) is 72.4. The van der Waals surface area contributed by atoms with Crippen LogP contribution in [0.2, 0.25) is 0 Å². The SMILES string of the molecule is CCCCCCCCCCCCC(=O)OC[C@H](COP(=O)(O)OC[C@H](O)COP(=O)(O)OC[C@@H](COC(=O)CCCCCCCCC(C)CC)OC(=O)CCCCCCCCCCCCCCCCCC(C)C)OC(=O)CCCCCCCCCCCC. The number of carbonyl (C=O) groups is 4. The Hall–Kier alpha value is -1.94. The lowest BCUT2D eigenvalue weighted by atomic mass is 10.00. The predicted molar refractivity (Wildman–Crippen MR) is 354 cm³/mol. The molecule has 0 aromatic carbocycles. The maximum absolute atomic E-state index is 13.0. The van der Waals surface area contributed by atoms with Gasteiger partial charge < -0.3 is 33.8 Å². The smallest absolute Gasteiger partial charge is 0.462 e. The van der Waals surface area contributed by atoms with E-state index in [1.54, 1.807) is 0 Å². The first kappa shape index (κ1) is 86.1. The Kier molecular flexibility index (Phi) is 59.9. The lowest BCUT2D eigenvalue weighted by molar-refractivity contribution is -0.161. The third-order valence-corrected chi connectivity index (χ3v) is 18.2. The Balaban J connectivity index is 5.20. The molecule has 6 atom stereocenters. The Morgan fingerprint density at radius 2 is 0.580 bits per heavy atom. The molecule has 0 saturated heterocycles. The summed E-state index contributed by atoms with van der Waals surface area (Å²) in [6.45, 7) is 9.51. The zero-order valence-corrected chi connectivity index (χ0v) is 58.8. The van der Waals surface area contributed by atoms with Crippen LogP contribution in [0, 0.1) is 11.8 Å². The minimum atomic E-state index is -4.95. The zero-order valence-electron chi connectivity index (χ0n) is 57.0. The van der Waals surface area contributed by atoms with E-state index < -0.39 is 97.5 Å².